The maximum absolute atomic E-state index is 11.4. The van der Waals surface area contributed by atoms with E-state index in [2.05, 4.69) is 0 Å². The van der Waals surface area contributed by atoms with Gasteiger partial charge in [0.25, 0.3) is 10.5 Å². The van der Waals surface area contributed by atoms with Gasteiger partial charge in [0, 0.05) is 9.79 Å². The highest BCUT2D eigenvalue weighted by atomic mass is 32.2. The van der Waals surface area contributed by atoms with Crippen LogP contribution < -0.4 is 22.1 Å². The lowest BCUT2D eigenvalue weighted by Crippen LogP contribution is -2.32. The summed E-state index contributed by atoms with van der Waals surface area (Å²) < 4.78 is 0. The highest BCUT2D eigenvalue weighted by Crippen LogP contribution is 2.28. The van der Waals surface area contributed by atoms with Gasteiger partial charge >= 0.3 is 12.1 Å². The summed E-state index contributed by atoms with van der Waals surface area (Å²) in [6, 6.07) is 2.48. The summed E-state index contributed by atoms with van der Waals surface area (Å²) >= 11 is 1.32. The van der Waals surface area contributed by atoms with Crippen LogP contribution in [0.2, 0.25) is 0 Å². The zero-order chi connectivity index (χ0) is 16.7. The molecular weight excluding hydrogens is 332 g/mol. The fourth-order valence-electron chi connectivity index (χ4n) is 1.31. The molecule has 0 heterocycles. The quantitative estimate of drug-likeness (QED) is 0.509. The Balaban J connectivity index is 2.88. The number of carbonyl (C=O) groups excluding carboxylic acids is 4. The molecule has 0 bridgehead atoms. The van der Waals surface area contributed by atoms with E-state index >= 15 is 0 Å². The summed E-state index contributed by atoms with van der Waals surface area (Å²) in [7, 11) is 0. The second-order valence-electron chi connectivity index (χ2n) is 3.73. The Labute approximate surface area is 133 Å². The Kier molecular flexibility index (Phi) is 6.69. The number of nitrogens with two attached hydrogens (primary N) is 2. The molecule has 118 valence electrons. The molecule has 0 aliphatic heterocycles. The molecule has 0 aliphatic rings. The van der Waals surface area contributed by atoms with Crippen LogP contribution in [0.5, 0.6) is 0 Å². The molecule has 1 rings (SSSR count). The third kappa shape index (κ3) is 6.47. The summed E-state index contributed by atoms with van der Waals surface area (Å²) in [5, 5.41) is 11.5. The smallest absolute Gasteiger partial charge is 0.319 e. The van der Waals surface area contributed by atoms with Gasteiger partial charge in [0.05, 0.1) is 6.61 Å². The normalized spacial score (nSPS) is 9.86. The zero-order valence-electron chi connectivity index (χ0n) is 11.0. The Morgan fingerprint density at radius 3 is 1.64 bits per heavy atom. The van der Waals surface area contributed by atoms with Gasteiger partial charge in [0.2, 0.25) is 0 Å². The van der Waals surface area contributed by atoms with Gasteiger partial charge in [0.15, 0.2) is 0 Å². The maximum Gasteiger partial charge on any atom is 0.319 e. The molecule has 0 radical (unpaired) electrons. The number of imide groups is 2. The highest BCUT2D eigenvalue weighted by Gasteiger charge is 2.12. The minimum absolute atomic E-state index is 0.323. The lowest BCUT2D eigenvalue weighted by molar-refractivity contribution is 0.241. The number of aliphatic hydroxyl groups is 1. The van der Waals surface area contributed by atoms with Crippen LogP contribution in [0.3, 0.4) is 0 Å². The number of urea groups is 2. The summed E-state index contributed by atoms with van der Waals surface area (Å²) in [5.41, 5.74) is 10.1. The topological polar surface area (TPSA) is 165 Å². The third-order valence-electron chi connectivity index (χ3n) is 1.99. The van der Waals surface area contributed by atoms with Crippen molar-refractivity contribution in [3.05, 3.63) is 23.8 Å². The lowest BCUT2D eigenvalue weighted by atomic mass is 10.2. The third-order valence-corrected chi connectivity index (χ3v) is 3.51. The van der Waals surface area contributed by atoms with Crippen molar-refractivity contribution in [2.75, 3.05) is 0 Å². The number of rotatable bonds is 3. The van der Waals surface area contributed by atoms with Crippen LogP contribution >= 0.6 is 23.5 Å². The molecule has 0 fully saturated rings. The molecule has 0 saturated heterocycles. The van der Waals surface area contributed by atoms with E-state index in [1.165, 1.54) is 18.2 Å². The van der Waals surface area contributed by atoms with Gasteiger partial charge in [-0.3, -0.25) is 20.2 Å². The highest BCUT2D eigenvalue weighted by molar-refractivity contribution is 8.14. The van der Waals surface area contributed by atoms with E-state index in [1.54, 1.807) is 0 Å². The molecule has 11 heteroatoms. The van der Waals surface area contributed by atoms with E-state index in [-0.39, 0.29) is 6.61 Å². The first-order valence-corrected chi connectivity index (χ1v) is 7.25. The number of aliphatic hydroxyl groups excluding tert-OH is 1. The van der Waals surface area contributed by atoms with Crippen molar-refractivity contribution in [3.63, 3.8) is 0 Å². The van der Waals surface area contributed by atoms with Crippen molar-refractivity contribution in [1.29, 1.82) is 0 Å². The fraction of sp³-hybridized carbons (Fsp3) is 0.0909. The molecule has 9 nitrogen and oxygen atoms in total. The zero-order valence-corrected chi connectivity index (χ0v) is 12.6. The Hall–Kier alpha value is -2.24. The van der Waals surface area contributed by atoms with Gasteiger partial charge in [0.1, 0.15) is 0 Å². The number of carbonyl (C=O) groups is 4. The molecule has 1 aromatic rings. The molecule has 1 aromatic carbocycles. The summed E-state index contributed by atoms with van der Waals surface area (Å²) in [4.78, 5) is 44.8. The van der Waals surface area contributed by atoms with Crippen molar-refractivity contribution >= 4 is 46.1 Å². The Bertz CT molecular complexity index is 574. The molecule has 0 aromatic heterocycles. The second kappa shape index (κ2) is 8.26. The number of hydrogen-bond donors (Lipinski definition) is 5. The van der Waals surface area contributed by atoms with E-state index in [4.69, 9.17) is 11.5 Å². The van der Waals surface area contributed by atoms with E-state index in [0.29, 0.717) is 38.9 Å². The van der Waals surface area contributed by atoms with Crippen LogP contribution in [0, 0.1) is 0 Å². The van der Waals surface area contributed by atoms with Crippen molar-refractivity contribution < 1.29 is 24.3 Å². The average molecular weight is 344 g/mol. The van der Waals surface area contributed by atoms with E-state index < -0.39 is 22.5 Å². The molecule has 6 amide bonds. The fourth-order valence-corrected chi connectivity index (χ4v) is 2.90. The van der Waals surface area contributed by atoms with Crippen LogP contribution in [-0.2, 0) is 6.61 Å². The predicted molar refractivity (Wildman–Crippen MR) is 80.3 cm³/mol. The van der Waals surface area contributed by atoms with Gasteiger partial charge in [-0.25, -0.2) is 9.59 Å². The van der Waals surface area contributed by atoms with Gasteiger partial charge < -0.3 is 16.6 Å². The molecule has 0 unspecified atom stereocenters. The second-order valence-corrected chi connectivity index (χ2v) is 5.82. The maximum atomic E-state index is 11.4. The number of amides is 6. The van der Waals surface area contributed by atoms with Gasteiger partial charge in [-0.2, -0.15) is 0 Å². The molecular formula is C11H12N4O5S2. The van der Waals surface area contributed by atoms with E-state index in [9.17, 15) is 24.3 Å². The summed E-state index contributed by atoms with van der Waals surface area (Å²) in [5.74, 6) is 0. The van der Waals surface area contributed by atoms with Crippen molar-refractivity contribution in [3.8, 4) is 0 Å². The van der Waals surface area contributed by atoms with Gasteiger partial charge in [-0.05, 0) is 47.3 Å². The van der Waals surface area contributed by atoms with Crippen LogP contribution in [-0.4, -0.2) is 27.6 Å². The van der Waals surface area contributed by atoms with Crippen molar-refractivity contribution in [2.45, 2.75) is 16.4 Å². The molecule has 0 aliphatic carbocycles. The number of hydrogen-bond acceptors (Lipinski definition) is 7. The molecule has 22 heavy (non-hydrogen) atoms. The van der Waals surface area contributed by atoms with Gasteiger partial charge in [-0.15, -0.1) is 0 Å². The van der Waals surface area contributed by atoms with Crippen LogP contribution in [0.4, 0.5) is 19.2 Å². The molecule has 0 spiro atoms. The minimum Gasteiger partial charge on any atom is -0.392 e. The van der Waals surface area contributed by atoms with Crippen molar-refractivity contribution in [1.82, 2.24) is 10.6 Å². The van der Waals surface area contributed by atoms with E-state index in [1.807, 2.05) is 10.6 Å². The monoisotopic (exact) mass is 344 g/mol. The van der Waals surface area contributed by atoms with E-state index in [0.717, 1.165) is 0 Å². The SMILES string of the molecule is NC(=O)NC(=O)Sc1cc(CO)cc(SC(=O)NC(N)=O)c1. The Morgan fingerprint density at radius 1 is 0.909 bits per heavy atom. The lowest BCUT2D eigenvalue weighted by Gasteiger charge is -2.07. The summed E-state index contributed by atoms with van der Waals surface area (Å²) in [6.45, 7) is -0.323. The van der Waals surface area contributed by atoms with Crippen LogP contribution in [0.25, 0.3) is 0 Å². The molecule has 7 N–H and O–H groups in total. The number of primary amides is 2. The Morgan fingerprint density at radius 2 is 1.32 bits per heavy atom. The molecule has 0 saturated carbocycles. The van der Waals surface area contributed by atoms with Crippen LogP contribution in [0.1, 0.15) is 5.56 Å². The summed E-state index contributed by atoms with van der Waals surface area (Å²) in [6.07, 6.45) is 0. The minimum atomic E-state index is -0.994. The number of thioether (sulfide) groups is 2. The first-order chi connectivity index (χ1) is 10.3. The first kappa shape index (κ1) is 17.8. The van der Waals surface area contributed by atoms with Gasteiger partial charge in [-0.1, -0.05) is 0 Å². The van der Waals surface area contributed by atoms with Crippen LogP contribution in [0.15, 0.2) is 28.0 Å². The predicted octanol–water partition coefficient (Wildman–Crippen LogP) is 0.940. The number of nitrogens with one attached hydrogen (secondary N) is 2. The van der Waals surface area contributed by atoms with Crippen molar-refractivity contribution in [2.24, 2.45) is 11.5 Å². The largest absolute Gasteiger partial charge is 0.392 e. The standard InChI is InChI=1S/C11H12N4O5S2/c12-8(17)14-10(19)21-6-1-5(4-16)2-7(3-6)22-11(20)15-9(13)18/h1-3,16H,4H2,(H3,12,14,17,19)(H3,13,15,18,20). The first-order valence-electron chi connectivity index (χ1n) is 5.61. The molecule has 0 atom stereocenters. The number of benzene rings is 1. The average Bonchev–Trinajstić information content (AvgIpc) is 2.35.